The zero-order chi connectivity index (χ0) is 15.2. The molecule has 3 rings (SSSR count). The molecular formula is C12H13BrN4O3S. The maximum absolute atomic E-state index is 12.4. The summed E-state index contributed by atoms with van der Waals surface area (Å²) in [5.41, 5.74) is 0.512. The van der Waals surface area contributed by atoms with Crippen LogP contribution in [0.5, 0.6) is 0 Å². The average molecular weight is 373 g/mol. The average Bonchev–Trinajstić information content (AvgIpc) is 2.76. The Balaban J connectivity index is 1.84. The third kappa shape index (κ3) is 2.68. The molecule has 0 bridgehead atoms. The molecule has 7 nitrogen and oxygen atoms in total. The molecule has 0 unspecified atom stereocenters. The van der Waals surface area contributed by atoms with Crippen LogP contribution in [-0.2, 0) is 14.8 Å². The van der Waals surface area contributed by atoms with E-state index in [-0.39, 0.29) is 16.8 Å². The van der Waals surface area contributed by atoms with Crippen LogP contribution < -0.4 is 4.72 Å². The summed E-state index contributed by atoms with van der Waals surface area (Å²) >= 11 is 3.28. The Morgan fingerprint density at radius 3 is 2.90 bits per heavy atom. The molecule has 0 saturated carbocycles. The quantitative estimate of drug-likeness (QED) is 0.834. The van der Waals surface area contributed by atoms with Gasteiger partial charge in [-0.15, -0.1) is 0 Å². The summed E-state index contributed by atoms with van der Waals surface area (Å²) in [6.07, 6.45) is 3.02. The van der Waals surface area contributed by atoms with Gasteiger partial charge in [0.15, 0.2) is 0 Å². The number of carbonyl (C=O) groups excluding carboxylic acids is 1. The highest BCUT2D eigenvalue weighted by Gasteiger charge is 2.33. The Morgan fingerprint density at radius 1 is 1.52 bits per heavy atom. The topological polar surface area (TPSA) is 95.2 Å². The lowest BCUT2D eigenvalue weighted by molar-refractivity contribution is -0.133. The number of aromatic nitrogens is 2. The highest BCUT2D eigenvalue weighted by Crippen LogP contribution is 2.24. The third-order valence-corrected chi connectivity index (χ3v) is 5.39. The zero-order valence-corrected chi connectivity index (χ0v) is 13.5. The maximum Gasteiger partial charge on any atom is 0.243 e. The van der Waals surface area contributed by atoms with Crippen LogP contribution in [0.25, 0.3) is 11.0 Å². The molecule has 2 aromatic heterocycles. The fourth-order valence-electron chi connectivity index (χ4n) is 2.27. The molecule has 2 aromatic rings. The van der Waals surface area contributed by atoms with E-state index in [0.29, 0.717) is 28.6 Å². The van der Waals surface area contributed by atoms with Crippen molar-refractivity contribution >= 4 is 42.9 Å². The van der Waals surface area contributed by atoms with Gasteiger partial charge in [0.1, 0.15) is 10.5 Å². The van der Waals surface area contributed by atoms with Crippen LogP contribution in [0.4, 0.5) is 0 Å². The summed E-state index contributed by atoms with van der Waals surface area (Å²) in [5, 5.41) is 0.527. The van der Waals surface area contributed by atoms with Gasteiger partial charge in [-0.05, 0) is 22.0 Å². The van der Waals surface area contributed by atoms with E-state index in [1.54, 1.807) is 17.2 Å². The first kappa shape index (κ1) is 14.5. The minimum atomic E-state index is -3.65. The number of nitrogens with one attached hydrogen (secondary N) is 2. The van der Waals surface area contributed by atoms with Gasteiger partial charge < -0.3 is 9.88 Å². The number of hydrogen-bond acceptors (Lipinski definition) is 4. The molecule has 0 atom stereocenters. The molecule has 1 amide bonds. The molecule has 0 aliphatic carbocycles. The Labute approximate surface area is 129 Å². The lowest BCUT2D eigenvalue weighted by Gasteiger charge is -2.38. The summed E-state index contributed by atoms with van der Waals surface area (Å²) in [7, 11) is -3.65. The van der Waals surface area contributed by atoms with Crippen LogP contribution in [0.2, 0.25) is 0 Å². The first-order chi connectivity index (χ1) is 9.87. The highest BCUT2D eigenvalue weighted by molar-refractivity contribution is 9.10. The van der Waals surface area contributed by atoms with E-state index in [1.165, 1.54) is 13.1 Å². The molecular weight excluding hydrogens is 360 g/mol. The molecule has 1 aliphatic heterocycles. The fraction of sp³-hybridized carbons (Fsp3) is 0.333. The maximum atomic E-state index is 12.4. The zero-order valence-electron chi connectivity index (χ0n) is 11.1. The Kier molecular flexibility index (Phi) is 3.50. The summed E-state index contributed by atoms with van der Waals surface area (Å²) < 4.78 is 28.2. The lowest BCUT2D eigenvalue weighted by Crippen LogP contribution is -2.60. The Morgan fingerprint density at radius 2 is 2.24 bits per heavy atom. The van der Waals surface area contributed by atoms with Crippen molar-refractivity contribution < 1.29 is 13.2 Å². The van der Waals surface area contributed by atoms with Gasteiger partial charge >= 0.3 is 0 Å². The summed E-state index contributed by atoms with van der Waals surface area (Å²) in [6, 6.07) is 1.46. The van der Waals surface area contributed by atoms with E-state index >= 15 is 0 Å². The van der Waals surface area contributed by atoms with E-state index in [4.69, 9.17) is 0 Å². The van der Waals surface area contributed by atoms with E-state index < -0.39 is 10.0 Å². The van der Waals surface area contributed by atoms with Crippen molar-refractivity contribution in [2.24, 2.45) is 0 Å². The SMILES string of the molecule is CC(=O)N1CC(NS(=O)(=O)c2c[nH]c3ncc(Br)cc23)C1. The van der Waals surface area contributed by atoms with Gasteiger partial charge in [0.2, 0.25) is 15.9 Å². The minimum Gasteiger partial charge on any atom is -0.345 e. The molecule has 2 N–H and O–H groups in total. The van der Waals surface area contributed by atoms with Crippen molar-refractivity contribution in [2.45, 2.75) is 17.9 Å². The van der Waals surface area contributed by atoms with Gasteiger partial charge in [0.05, 0.1) is 6.04 Å². The second kappa shape index (κ2) is 5.08. The number of carbonyl (C=O) groups is 1. The number of pyridine rings is 1. The van der Waals surface area contributed by atoms with Crippen molar-refractivity contribution in [3.05, 3.63) is 22.9 Å². The Hall–Kier alpha value is -1.45. The molecule has 0 spiro atoms. The number of H-pyrrole nitrogens is 1. The van der Waals surface area contributed by atoms with Crippen LogP contribution in [0.1, 0.15) is 6.92 Å². The van der Waals surface area contributed by atoms with Gasteiger partial charge in [0, 0.05) is 42.3 Å². The van der Waals surface area contributed by atoms with Crippen molar-refractivity contribution in [3.8, 4) is 0 Å². The number of fused-ring (bicyclic) bond motifs is 1. The predicted octanol–water partition coefficient (Wildman–Crippen LogP) is 0.834. The van der Waals surface area contributed by atoms with Crippen LogP contribution >= 0.6 is 15.9 Å². The third-order valence-electron chi connectivity index (χ3n) is 3.40. The summed E-state index contributed by atoms with van der Waals surface area (Å²) in [5.74, 6) is -0.0503. The van der Waals surface area contributed by atoms with Crippen LogP contribution in [0.3, 0.4) is 0 Å². The highest BCUT2D eigenvalue weighted by atomic mass is 79.9. The summed E-state index contributed by atoms with van der Waals surface area (Å²) in [4.78, 5) is 19.8. The molecule has 112 valence electrons. The number of likely N-dealkylation sites (tertiary alicyclic amines) is 1. The molecule has 0 radical (unpaired) electrons. The second-order valence-corrected chi connectivity index (χ2v) is 7.54. The first-order valence-corrected chi connectivity index (χ1v) is 8.55. The number of amides is 1. The van der Waals surface area contributed by atoms with Gasteiger partial charge in [-0.2, -0.15) is 0 Å². The number of rotatable bonds is 3. The smallest absolute Gasteiger partial charge is 0.243 e. The monoisotopic (exact) mass is 372 g/mol. The summed E-state index contributed by atoms with van der Waals surface area (Å²) in [6.45, 7) is 2.27. The van der Waals surface area contributed by atoms with Gasteiger partial charge in [0.25, 0.3) is 0 Å². The lowest BCUT2D eigenvalue weighted by atomic mass is 10.1. The van der Waals surface area contributed by atoms with Crippen LogP contribution in [-0.4, -0.2) is 48.3 Å². The molecule has 1 fully saturated rings. The second-order valence-electron chi connectivity index (χ2n) is 4.94. The van der Waals surface area contributed by atoms with Gasteiger partial charge in [-0.1, -0.05) is 0 Å². The van der Waals surface area contributed by atoms with Crippen LogP contribution in [0.15, 0.2) is 27.8 Å². The van der Waals surface area contributed by atoms with Gasteiger partial charge in [-0.25, -0.2) is 18.1 Å². The standard InChI is InChI=1S/C12H13BrN4O3S/c1-7(18)17-5-9(6-17)16-21(19,20)11-4-15-12-10(11)2-8(13)3-14-12/h2-4,9,16H,5-6H2,1H3,(H,14,15). The molecule has 9 heteroatoms. The largest absolute Gasteiger partial charge is 0.345 e. The Bertz CT molecular complexity index is 811. The van der Waals surface area contributed by atoms with E-state index in [9.17, 15) is 13.2 Å². The van der Waals surface area contributed by atoms with Crippen molar-refractivity contribution in [3.63, 3.8) is 0 Å². The molecule has 3 heterocycles. The van der Waals surface area contributed by atoms with Crippen molar-refractivity contribution in [1.29, 1.82) is 0 Å². The van der Waals surface area contributed by atoms with E-state index in [0.717, 1.165) is 0 Å². The van der Waals surface area contributed by atoms with Crippen molar-refractivity contribution in [1.82, 2.24) is 19.6 Å². The number of nitrogens with zero attached hydrogens (tertiary/aromatic N) is 2. The molecule has 0 aromatic carbocycles. The number of halogens is 1. The van der Waals surface area contributed by atoms with Gasteiger partial charge in [-0.3, -0.25) is 4.79 Å². The van der Waals surface area contributed by atoms with E-state index in [1.807, 2.05) is 0 Å². The van der Waals surface area contributed by atoms with Crippen LogP contribution in [0, 0.1) is 0 Å². The van der Waals surface area contributed by atoms with E-state index in [2.05, 4.69) is 30.6 Å². The number of aromatic amines is 1. The fourth-order valence-corrected chi connectivity index (χ4v) is 3.97. The first-order valence-electron chi connectivity index (χ1n) is 6.27. The molecule has 1 saturated heterocycles. The minimum absolute atomic E-state index is 0.0503. The predicted molar refractivity (Wildman–Crippen MR) is 80.2 cm³/mol. The number of hydrogen-bond donors (Lipinski definition) is 2. The molecule has 1 aliphatic rings. The normalized spacial score (nSPS) is 16.2. The number of sulfonamides is 1. The molecule has 21 heavy (non-hydrogen) atoms. The van der Waals surface area contributed by atoms with Crippen molar-refractivity contribution in [2.75, 3.05) is 13.1 Å².